The molecule has 0 spiro atoms. The standard InChI is InChI=1S/C16H19N3OS/c1-11-5-3-4-6-13(11)15-18-14(10-21-15)16(20)19-8-7-17-9-12(19)2/h3-6,10,12,17H,7-9H2,1-2H3. The summed E-state index contributed by atoms with van der Waals surface area (Å²) in [5.74, 6) is 0.0417. The smallest absolute Gasteiger partial charge is 0.273 e. The van der Waals surface area contributed by atoms with E-state index in [1.165, 1.54) is 16.9 Å². The minimum atomic E-state index is 0.0417. The van der Waals surface area contributed by atoms with E-state index in [9.17, 15) is 4.79 Å². The van der Waals surface area contributed by atoms with Gasteiger partial charge in [0, 0.05) is 36.6 Å². The number of aromatic nitrogens is 1. The Morgan fingerprint density at radius 2 is 2.24 bits per heavy atom. The number of piperazine rings is 1. The van der Waals surface area contributed by atoms with Gasteiger partial charge < -0.3 is 10.2 Å². The summed E-state index contributed by atoms with van der Waals surface area (Å²) in [6, 6.07) is 8.35. The normalized spacial score (nSPS) is 18.8. The highest BCUT2D eigenvalue weighted by atomic mass is 32.1. The highest BCUT2D eigenvalue weighted by molar-refractivity contribution is 7.13. The SMILES string of the molecule is Cc1ccccc1-c1nc(C(=O)N2CCNCC2C)cs1. The van der Waals surface area contributed by atoms with Gasteiger partial charge in [-0.25, -0.2) is 4.98 Å². The molecule has 4 nitrogen and oxygen atoms in total. The first-order valence-corrected chi connectivity index (χ1v) is 8.08. The molecule has 21 heavy (non-hydrogen) atoms. The fraction of sp³-hybridized carbons (Fsp3) is 0.375. The summed E-state index contributed by atoms with van der Waals surface area (Å²) in [7, 11) is 0. The lowest BCUT2D eigenvalue weighted by molar-refractivity contribution is 0.0650. The van der Waals surface area contributed by atoms with Crippen LogP contribution >= 0.6 is 11.3 Å². The van der Waals surface area contributed by atoms with Crippen LogP contribution in [0.1, 0.15) is 23.0 Å². The maximum absolute atomic E-state index is 12.6. The summed E-state index contributed by atoms with van der Waals surface area (Å²) in [6.07, 6.45) is 0. The molecule has 2 aromatic rings. The first kappa shape index (κ1) is 14.2. The highest BCUT2D eigenvalue weighted by Gasteiger charge is 2.25. The van der Waals surface area contributed by atoms with Gasteiger partial charge in [-0.05, 0) is 19.4 Å². The Balaban J connectivity index is 1.85. The number of benzene rings is 1. The molecule has 1 aromatic heterocycles. The van der Waals surface area contributed by atoms with Crippen LogP contribution in [0, 0.1) is 6.92 Å². The molecular weight excluding hydrogens is 282 g/mol. The van der Waals surface area contributed by atoms with E-state index >= 15 is 0 Å². The van der Waals surface area contributed by atoms with Crippen LogP contribution in [0.4, 0.5) is 0 Å². The maximum Gasteiger partial charge on any atom is 0.273 e. The molecule has 5 heteroatoms. The third kappa shape index (κ3) is 2.84. The van der Waals surface area contributed by atoms with E-state index in [1.807, 2.05) is 22.4 Å². The van der Waals surface area contributed by atoms with Crippen molar-refractivity contribution in [3.05, 3.63) is 40.9 Å². The number of hydrogen-bond donors (Lipinski definition) is 1. The van der Waals surface area contributed by atoms with Crippen LogP contribution in [0.15, 0.2) is 29.6 Å². The lowest BCUT2D eigenvalue weighted by atomic mass is 10.1. The van der Waals surface area contributed by atoms with Gasteiger partial charge in [0.2, 0.25) is 0 Å². The van der Waals surface area contributed by atoms with E-state index in [-0.39, 0.29) is 11.9 Å². The van der Waals surface area contributed by atoms with Crippen LogP contribution in [-0.2, 0) is 0 Å². The summed E-state index contributed by atoms with van der Waals surface area (Å²) in [6.45, 7) is 6.58. The van der Waals surface area contributed by atoms with Crippen molar-refractivity contribution < 1.29 is 4.79 Å². The molecule has 3 rings (SSSR count). The Hall–Kier alpha value is -1.72. The van der Waals surface area contributed by atoms with Gasteiger partial charge in [0.25, 0.3) is 5.91 Å². The monoisotopic (exact) mass is 301 g/mol. The predicted octanol–water partition coefficient (Wildman–Crippen LogP) is 2.55. The van der Waals surface area contributed by atoms with Crippen molar-refractivity contribution in [3.63, 3.8) is 0 Å². The number of thiazole rings is 1. The van der Waals surface area contributed by atoms with Gasteiger partial charge in [0.05, 0.1) is 0 Å². The minimum absolute atomic E-state index is 0.0417. The Kier molecular flexibility index (Phi) is 4.03. The zero-order valence-corrected chi connectivity index (χ0v) is 13.1. The molecule has 0 radical (unpaired) electrons. The van der Waals surface area contributed by atoms with Gasteiger partial charge in [0.1, 0.15) is 10.7 Å². The molecule has 0 saturated carbocycles. The number of carbonyl (C=O) groups is 1. The first-order valence-electron chi connectivity index (χ1n) is 7.20. The van der Waals surface area contributed by atoms with E-state index < -0.39 is 0 Å². The number of aryl methyl sites for hydroxylation is 1. The molecule has 1 amide bonds. The predicted molar refractivity (Wildman–Crippen MR) is 85.7 cm³/mol. The Labute approximate surface area is 128 Å². The lowest BCUT2D eigenvalue weighted by Gasteiger charge is -2.33. The van der Waals surface area contributed by atoms with Gasteiger partial charge >= 0.3 is 0 Å². The number of nitrogens with one attached hydrogen (secondary N) is 1. The van der Waals surface area contributed by atoms with Gasteiger partial charge in [-0.1, -0.05) is 24.3 Å². The maximum atomic E-state index is 12.6. The number of rotatable bonds is 2. The van der Waals surface area contributed by atoms with Gasteiger partial charge in [-0.3, -0.25) is 4.79 Å². The Morgan fingerprint density at radius 3 is 3.00 bits per heavy atom. The summed E-state index contributed by atoms with van der Waals surface area (Å²) in [5, 5.41) is 6.09. The zero-order valence-electron chi connectivity index (χ0n) is 12.3. The zero-order chi connectivity index (χ0) is 14.8. The van der Waals surface area contributed by atoms with Gasteiger partial charge in [-0.15, -0.1) is 11.3 Å². The molecule has 1 atom stereocenters. The van der Waals surface area contributed by atoms with Crippen LogP contribution < -0.4 is 5.32 Å². The molecular formula is C16H19N3OS. The average Bonchev–Trinajstić information content (AvgIpc) is 2.97. The van der Waals surface area contributed by atoms with Gasteiger partial charge in [-0.2, -0.15) is 0 Å². The average molecular weight is 301 g/mol. The minimum Gasteiger partial charge on any atom is -0.332 e. The van der Waals surface area contributed by atoms with Crippen LogP contribution in [0.2, 0.25) is 0 Å². The second kappa shape index (κ2) is 5.95. The number of nitrogens with zero attached hydrogens (tertiary/aromatic N) is 2. The third-order valence-electron chi connectivity index (χ3n) is 3.86. The summed E-state index contributed by atoms with van der Waals surface area (Å²) in [5.41, 5.74) is 2.85. The fourth-order valence-corrected chi connectivity index (χ4v) is 3.48. The topological polar surface area (TPSA) is 45.2 Å². The first-order chi connectivity index (χ1) is 10.2. The van der Waals surface area contributed by atoms with Crippen molar-refractivity contribution in [3.8, 4) is 10.6 Å². The molecule has 1 aliphatic rings. The fourth-order valence-electron chi connectivity index (χ4n) is 2.60. The van der Waals surface area contributed by atoms with Crippen molar-refractivity contribution in [1.82, 2.24) is 15.2 Å². The molecule has 1 N–H and O–H groups in total. The van der Waals surface area contributed by atoms with Crippen LogP contribution in [0.5, 0.6) is 0 Å². The molecule has 2 heterocycles. The van der Waals surface area contributed by atoms with E-state index in [1.54, 1.807) is 0 Å². The van der Waals surface area contributed by atoms with Gasteiger partial charge in [0.15, 0.2) is 0 Å². The third-order valence-corrected chi connectivity index (χ3v) is 4.74. The van der Waals surface area contributed by atoms with Crippen molar-refractivity contribution in [1.29, 1.82) is 0 Å². The number of hydrogen-bond acceptors (Lipinski definition) is 4. The molecule has 1 saturated heterocycles. The summed E-state index contributed by atoms with van der Waals surface area (Å²) in [4.78, 5) is 19.0. The van der Waals surface area contributed by atoms with Crippen LogP contribution in [0.25, 0.3) is 10.6 Å². The lowest BCUT2D eigenvalue weighted by Crippen LogP contribution is -2.52. The molecule has 0 bridgehead atoms. The second-order valence-electron chi connectivity index (χ2n) is 5.40. The van der Waals surface area contributed by atoms with Crippen molar-refractivity contribution in [2.24, 2.45) is 0 Å². The molecule has 1 aliphatic heterocycles. The van der Waals surface area contributed by atoms with Crippen molar-refractivity contribution >= 4 is 17.2 Å². The van der Waals surface area contributed by atoms with E-state index in [2.05, 4.69) is 36.3 Å². The van der Waals surface area contributed by atoms with Crippen LogP contribution in [-0.4, -0.2) is 41.5 Å². The highest BCUT2D eigenvalue weighted by Crippen LogP contribution is 2.27. The molecule has 1 fully saturated rings. The van der Waals surface area contributed by atoms with Crippen LogP contribution in [0.3, 0.4) is 0 Å². The number of carbonyl (C=O) groups excluding carboxylic acids is 1. The Morgan fingerprint density at radius 1 is 1.43 bits per heavy atom. The van der Waals surface area contributed by atoms with E-state index in [4.69, 9.17) is 0 Å². The summed E-state index contributed by atoms with van der Waals surface area (Å²) >= 11 is 1.54. The largest absolute Gasteiger partial charge is 0.332 e. The van der Waals surface area contributed by atoms with E-state index in [0.29, 0.717) is 5.69 Å². The molecule has 110 valence electrons. The van der Waals surface area contributed by atoms with Crippen molar-refractivity contribution in [2.75, 3.05) is 19.6 Å². The molecule has 1 unspecified atom stereocenters. The Bertz CT molecular complexity index is 652. The molecule has 0 aliphatic carbocycles. The quantitative estimate of drug-likeness (QED) is 0.927. The summed E-state index contributed by atoms with van der Waals surface area (Å²) < 4.78 is 0. The molecule has 1 aromatic carbocycles. The van der Waals surface area contributed by atoms with Crippen molar-refractivity contribution in [2.45, 2.75) is 19.9 Å². The number of amides is 1. The van der Waals surface area contributed by atoms with E-state index in [0.717, 1.165) is 30.2 Å². The second-order valence-corrected chi connectivity index (χ2v) is 6.26.